The van der Waals surface area contributed by atoms with Crippen molar-refractivity contribution >= 4 is 17.5 Å². The lowest BCUT2D eigenvalue weighted by Crippen LogP contribution is -2.38. The van der Waals surface area contributed by atoms with E-state index in [1.165, 1.54) is 0 Å². The molecule has 1 unspecified atom stereocenters. The molecular weight excluding hydrogens is 404 g/mol. The van der Waals surface area contributed by atoms with Gasteiger partial charge < -0.3 is 19.7 Å². The van der Waals surface area contributed by atoms with Crippen LogP contribution >= 0.6 is 0 Å². The van der Waals surface area contributed by atoms with Gasteiger partial charge in [-0.1, -0.05) is 43.3 Å². The van der Waals surface area contributed by atoms with Gasteiger partial charge in [0.2, 0.25) is 0 Å². The minimum atomic E-state index is -0.530. The Bertz CT molecular complexity index is 1110. The van der Waals surface area contributed by atoms with Crippen molar-refractivity contribution in [2.45, 2.75) is 32.5 Å². The number of carbonyl (C=O) groups excluding carboxylic acids is 2. The summed E-state index contributed by atoms with van der Waals surface area (Å²) in [5.74, 6) is 1.02. The van der Waals surface area contributed by atoms with Crippen LogP contribution in [0.25, 0.3) is 0 Å². The molecule has 2 amide bonds. The molecule has 0 fully saturated rings. The number of ether oxygens (including phenoxy) is 2. The number of rotatable bonds is 6. The Morgan fingerprint density at radius 1 is 1.09 bits per heavy atom. The monoisotopic (exact) mass is 430 g/mol. The lowest BCUT2D eigenvalue weighted by Gasteiger charge is -2.23. The summed E-state index contributed by atoms with van der Waals surface area (Å²) in [6.45, 7) is 2.85. The highest BCUT2D eigenvalue weighted by molar-refractivity contribution is 6.04. The number of hydrogen-bond donors (Lipinski definition) is 1. The molecule has 6 nitrogen and oxygen atoms in total. The quantitative estimate of drug-likeness (QED) is 0.618. The molecule has 1 heterocycles. The van der Waals surface area contributed by atoms with Gasteiger partial charge in [0.05, 0.1) is 7.11 Å². The Kier molecular flexibility index (Phi) is 6.40. The molecule has 0 saturated heterocycles. The van der Waals surface area contributed by atoms with Crippen molar-refractivity contribution in [1.29, 1.82) is 0 Å². The van der Waals surface area contributed by atoms with Crippen LogP contribution in [0.4, 0.5) is 5.69 Å². The lowest BCUT2D eigenvalue weighted by atomic mass is 10.1. The maximum Gasteiger partial charge on any atom is 0.264 e. The second-order valence-electron chi connectivity index (χ2n) is 7.70. The number of hydrogen-bond acceptors (Lipinski definition) is 4. The van der Waals surface area contributed by atoms with Crippen LogP contribution in [0, 0.1) is 0 Å². The molecule has 1 atom stereocenters. The van der Waals surface area contributed by atoms with Crippen molar-refractivity contribution in [1.82, 2.24) is 4.90 Å². The van der Waals surface area contributed by atoms with Gasteiger partial charge in [-0.15, -0.1) is 0 Å². The zero-order valence-electron chi connectivity index (χ0n) is 18.2. The number of carbonyl (C=O) groups is 2. The number of nitrogens with one attached hydrogen (secondary N) is 1. The number of nitrogens with zero attached hydrogens (tertiary/aromatic N) is 1. The molecule has 4 rings (SSSR count). The minimum absolute atomic E-state index is 0.0329. The summed E-state index contributed by atoms with van der Waals surface area (Å²) >= 11 is 0. The Morgan fingerprint density at radius 3 is 2.66 bits per heavy atom. The van der Waals surface area contributed by atoms with Crippen molar-refractivity contribution in [3.63, 3.8) is 0 Å². The van der Waals surface area contributed by atoms with E-state index in [0.717, 1.165) is 11.1 Å². The molecule has 3 aromatic rings. The minimum Gasteiger partial charge on any atom is -0.497 e. The molecule has 0 aromatic heterocycles. The van der Waals surface area contributed by atoms with Crippen molar-refractivity contribution in [3.8, 4) is 11.5 Å². The molecule has 6 heteroatoms. The SMILES string of the molecule is CCC1Oc2ccc(NC(=O)c3cccc(OC)c3)cc2CN(Cc2ccccc2)C1=O. The standard InChI is InChI=1S/C26H26N2O4/c1-3-23-26(30)28(16-18-8-5-4-6-9-18)17-20-14-21(12-13-24(20)32-23)27-25(29)19-10-7-11-22(15-19)31-2/h4-15,23H,3,16-17H2,1-2H3,(H,27,29). The van der Waals surface area contributed by atoms with Crippen LogP contribution < -0.4 is 14.8 Å². The van der Waals surface area contributed by atoms with Crippen molar-refractivity contribution in [2.24, 2.45) is 0 Å². The van der Waals surface area contributed by atoms with E-state index in [0.29, 0.717) is 42.3 Å². The molecule has 0 radical (unpaired) electrons. The molecular formula is C26H26N2O4. The molecule has 1 aliphatic rings. The number of fused-ring (bicyclic) bond motifs is 1. The third-order valence-corrected chi connectivity index (χ3v) is 5.45. The van der Waals surface area contributed by atoms with E-state index < -0.39 is 6.10 Å². The molecule has 1 aliphatic heterocycles. The molecule has 1 N–H and O–H groups in total. The fourth-order valence-corrected chi connectivity index (χ4v) is 3.75. The first kappa shape index (κ1) is 21.4. The predicted molar refractivity (Wildman–Crippen MR) is 123 cm³/mol. The van der Waals surface area contributed by atoms with Crippen LogP contribution in [0.1, 0.15) is 34.8 Å². The van der Waals surface area contributed by atoms with Gasteiger partial charge >= 0.3 is 0 Å². The van der Waals surface area contributed by atoms with Gasteiger partial charge in [0.1, 0.15) is 11.5 Å². The third kappa shape index (κ3) is 4.75. The zero-order valence-corrected chi connectivity index (χ0v) is 18.2. The Morgan fingerprint density at radius 2 is 1.91 bits per heavy atom. The topological polar surface area (TPSA) is 67.9 Å². The van der Waals surface area contributed by atoms with Gasteiger partial charge in [0.25, 0.3) is 11.8 Å². The fourth-order valence-electron chi connectivity index (χ4n) is 3.75. The Labute approximate surface area is 187 Å². The van der Waals surface area contributed by atoms with E-state index in [1.807, 2.05) is 54.3 Å². The van der Waals surface area contributed by atoms with Crippen LogP contribution in [0.15, 0.2) is 72.8 Å². The number of anilines is 1. The van der Waals surface area contributed by atoms with E-state index in [9.17, 15) is 9.59 Å². The summed E-state index contributed by atoms with van der Waals surface area (Å²) < 4.78 is 11.2. The van der Waals surface area contributed by atoms with Crippen molar-refractivity contribution in [3.05, 3.63) is 89.5 Å². The summed E-state index contributed by atoms with van der Waals surface area (Å²) in [7, 11) is 1.57. The van der Waals surface area contributed by atoms with E-state index in [1.54, 1.807) is 37.4 Å². The maximum absolute atomic E-state index is 13.1. The van der Waals surface area contributed by atoms with Gasteiger partial charge in [0, 0.05) is 29.9 Å². The zero-order chi connectivity index (χ0) is 22.5. The molecule has 0 saturated carbocycles. The molecule has 164 valence electrons. The van der Waals surface area contributed by atoms with Gasteiger partial charge in [-0.3, -0.25) is 9.59 Å². The second kappa shape index (κ2) is 9.56. The molecule has 32 heavy (non-hydrogen) atoms. The predicted octanol–water partition coefficient (Wildman–Crippen LogP) is 4.65. The van der Waals surface area contributed by atoms with Gasteiger partial charge in [-0.25, -0.2) is 0 Å². The number of amides is 2. The third-order valence-electron chi connectivity index (χ3n) is 5.45. The lowest BCUT2D eigenvalue weighted by molar-refractivity contribution is -0.139. The first-order valence-electron chi connectivity index (χ1n) is 10.6. The summed E-state index contributed by atoms with van der Waals surface area (Å²) in [4.78, 5) is 27.6. The van der Waals surface area contributed by atoms with E-state index in [4.69, 9.17) is 9.47 Å². The van der Waals surface area contributed by atoms with Crippen LogP contribution in [-0.4, -0.2) is 29.9 Å². The molecule has 0 bridgehead atoms. The summed E-state index contributed by atoms with van der Waals surface area (Å²) in [5, 5.41) is 2.93. The second-order valence-corrected chi connectivity index (χ2v) is 7.70. The number of methoxy groups -OCH3 is 1. The van der Waals surface area contributed by atoms with Gasteiger partial charge in [-0.05, 0) is 48.4 Å². The van der Waals surface area contributed by atoms with Crippen LogP contribution in [0.5, 0.6) is 11.5 Å². The van der Waals surface area contributed by atoms with Crippen LogP contribution in [0.2, 0.25) is 0 Å². The molecule has 0 aliphatic carbocycles. The highest BCUT2D eigenvalue weighted by Gasteiger charge is 2.30. The van der Waals surface area contributed by atoms with E-state index in [-0.39, 0.29) is 11.8 Å². The first-order valence-corrected chi connectivity index (χ1v) is 10.6. The molecule has 0 spiro atoms. The maximum atomic E-state index is 13.1. The Balaban J connectivity index is 1.58. The summed E-state index contributed by atoms with van der Waals surface area (Å²) in [5.41, 5.74) is 3.06. The van der Waals surface area contributed by atoms with Gasteiger partial charge in [0.15, 0.2) is 6.10 Å². The number of benzene rings is 3. The Hall–Kier alpha value is -3.80. The van der Waals surface area contributed by atoms with Crippen molar-refractivity contribution in [2.75, 3.05) is 12.4 Å². The summed E-state index contributed by atoms with van der Waals surface area (Å²) in [6.07, 6.45) is 0.0509. The largest absolute Gasteiger partial charge is 0.497 e. The van der Waals surface area contributed by atoms with E-state index >= 15 is 0 Å². The van der Waals surface area contributed by atoms with Crippen molar-refractivity contribution < 1.29 is 19.1 Å². The highest BCUT2D eigenvalue weighted by Crippen LogP contribution is 2.30. The normalized spacial score (nSPS) is 15.4. The van der Waals surface area contributed by atoms with E-state index in [2.05, 4.69) is 5.32 Å². The first-order chi connectivity index (χ1) is 15.6. The average molecular weight is 431 g/mol. The summed E-state index contributed by atoms with van der Waals surface area (Å²) in [6, 6.07) is 22.4. The highest BCUT2D eigenvalue weighted by atomic mass is 16.5. The molecule has 3 aromatic carbocycles. The van der Waals surface area contributed by atoms with Crippen LogP contribution in [-0.2, 0) is 17.9 Å². The van der Waals surface area contributed by atoms with Gasteiger partial charge in [-0.2, -0.15) is 0 Å². The fraction of sp³-hybridized carbons (Fsp3) is 0.231. The average Bonchev–Trinajstić information content (AvgIpc) is 2.95. The van der Waals surface area contributed by atoms with Crippen LogP contribution in [0.3, 0.4) is 0 Å². The smallest absolute Gasteiger partial charge is 0.264 e.